The van der Waals surface area contributed by atoms with Gasteiger partial charge in [0.05, 0.1) is 26.3 Å². The Labute approximate surface area is 88.9 Å². The highest BCUT2D eigenvalue weighted by atomic mass is 16.5. The summed E-state index contributed by atoms with van der Waals surface area (Å²) in [6.45, 7) is 4.86. The summed E-state index contributed by atoms with van der Waals surface area (Å²) in [5.41, 5.74) is 0. The Hall–Kier alpha value is -1.14. The molecule has 0 spiro atoms. The summed E-state index contributed by atoms with van der Waals surface area (Å²) in [6.07, 6.45) is 0. The van der Waals surface area contributed by atoms with Gasteiger partial charge < -0.3 is 20.3 Å². The van der Waals surface area contributed by atoms with Crippen LogP contribution < -0.4 is 15.5 Å². The van der Waals surface area contributed by atoms with Crippen LogP contribution in [0.2, 0.25) is 0 Å². The Morgan fingerprint density at radius 3 is 2.53 bits per heavy atom. The molecule has 1 saturated heterocycles. The molecule has 2 amide bonds. The van der Waals surface area contributed by atoms with Crippen LogP contribution in [0.1, 0.15) is 0 Å². The SMILES string of the molecule is CNC(=O)C(=O)NCC[NH+]1CCOCC1. The summed E-state index contributed by atoms with van der Waals surface area (Å²) in [5.74, 6) is -1.16. The molecule has 15 heavy (non-hydrogen) atoms. The van der Waals surface area contributed by atoms with Gasteiger partial charge in [-0.25, -0.2) is 0 Å². The largest absolute Gasteiger partial charge is 0.370 e. The summed E-state index contributed by atoms with van der Waals surface area (Å²) < 4.78 is 5.21. The second kappa shape index (κ2) is 6.36. The zero-order valence-corrected chi connectivity index (χ0v) is 8.97. The lowest BCUT2D eigenvalue weighted by atomic mass is 10.4. The highest BCUT2D eigenvalue weighted by Gasteiger charge is 2.15. The van der Waals surface area contributed by atoms with Crippen molar-refractivity contribution in [2.45, 2.75) is 0 Å². The molecule has 86 valence electrons. The van der Waals surface area contributed by atoms with Crippen molar-refractivity contribution in [1.29, 1.82) is 0 Å². The fourth-order valence-corrected chi connectivity index (χ4v) is 1.46. The van der Waals surface area contributed by atoms with Gasteiger partial charge in [0.15, 0.2) is 0 Å². The molecule has 0 atom stereocenters. The smallest absolute Gasteiger partial charge is 0.309 e. The zero-order chi connectivity index (χ0) is 11.1. The van der Waals surface area contributed by atoms with Crippen LogP contribution in [-0.2, 0) is 14.3 Å². The number of amides is 2. The fourth-order valence-electron chi connectivity index (χ4n) is 1.46. The molecule has 1 rings (SSSR count). The zero-order valence-electron chi connectivity index (χ0n) is 8.97. The van der Waals surface area contributed by atoms with Crippen LogP contribution in [0.4, 0.5) is 0 Å². The van der Waals surface area contributed by atoms with Crippen molar-refractivity contribution >= 4 is 11.8 Å². The van der Waals surface area contributed by atoms with Crippen molar-refractivity contribution in [3.8, 4) is 0 Å². The minimum absolute atomic E-state index is 0.529. The van der Waals surface area contributed by atoms with Crippen LogP contribution in [0.3, 0.4) is 0 Å². The Morgan fingerprint density at radius 2 is 1.93 bits per heavy atom. The van der Waals surface area contributed by atoms with Gasteiger partial charge in [0.2, 0.25) is 0 Å². The average Bonchev–Trinajstić information content (AvgIpc) is 2.29. The minimum atomic E-state index is -0.591. The van der Waals surface area contributed by atoms with Gasteiger partial charge >= 0.3 is 11.8 Å². The highest BCUT2D eigenvalue weighted by Crippen LogP contribution is 1.74. The normalized spacial score (nSPS) is 17.1. The topological polar surface area (TPSA) is 71.9 Å². The maximum atomic E-state index is 11.1. The van der Waals surface area contributed by atoms with Crippen molar-refractivity contribution in [1.82, 2.24) is 10.6 Å². The molecule has 6 nitrogen and oxygen atoms in total. The molecule has 0 aromatic rings. The Bertz CT molecular complexity index is 227. The summed E-state index contributed by atoms with van der Waals surface area (Å²) in [6, 6.07) is 0. The average molecular weight is 216 g/mol. The highest BCUT2D eigenvalue weighted by molar-refractivity contribution is 6.34. The molecule has 1 heterocycles. The molecular formula is C9H18N3O3+. The lowest BCUT2D eigenvalue weighted by Crippen LogP contribution is -3.14. The summed E-state index contributed by atoms with van der Waals surface area (Å²) in [5, 5.41) is 4.84. The molecule has 0 unspecified atom stereocenters. The van der Waals surface area contributed by atoms with E-state index in [0.29, 0.717) is 6.54 Å². The van der Waals surface area contributed by atoms with Crippen molar-refractivity contribution in [3.63, 3.8) is 0 Å². The Kier molecular flexibility index (Phi) is 5.06. The molecule has 0 bridgehead atoms. The molecule has 0 aromatic heterocycles. The van der Waals surface area contributed by atoms with E-state index in [9.17, 15) is 9.59 Å². The van der Waals surface area contributed by atoms with E-state index in [0.717, 1.165) is 32.8 Å². The van der Waals surface area contributed by atoms with Gasteiger partial charge in [0.1, 0.15) is 13.1 Å². The first-order valence-corrected chi connectivity index (χ1v) is 5.15. The molecule has 0 radical (unpaired) electrons. The number of ether oxygens (including phenoxy) is 1. The molecule has 0 saturated carbocycles. The number of hydrogen-bond donors (Lipinski definition) is 3. The van der Waals surface area contributed by atoms with Crippen molar-refractivity contribution in [2.24, 2.45) is 0 Å². The summed E-state index contributed by atoms with van der Waals surface area (Å²) in [7, 11) is 1.44. The first kappa shape index (κ1) is 11.9. The van der Waals surface area contributed by atoms with E-state index in [1.165, 1.54) is 11.9 Å². The van der Waals surface area contributed by atoms with Gasteiger partial charge in [-0.1, -0.05) is 0 Å². The van der Waals surface area contributed by atoms with Gasteiger partial charge in [0.25, 0.3) is 0 Å². The third-order valence-electron chi connectivity index (χ3n) is 2.40. The van der Waals surface area contributed by atoms with E-state index in [-0.39, 0.29) is 0 Å². The summed E-state index contributed by atoms with van der Waals surface area (Å²) in [4.78, 5) is 23.3. The van der Waals surface area contributed by atoms with Crippen molar-refractivity contribution in [2.75, 3.05) is 46.4 Å². The molecule has 0 aromatic carbocycles. The van der Waals surface area contributed by atoms with E-state index in [4.69, 9.17) is 4.74 Å². The van der Waals surface area contributed by atoms with E-state index in [1.54, 1.807) is 0 Å². The minimum Gasteiger partial charge on any atom is -0.370 e. The number of carbonyl (C=O) groups excluding carboxylic acids is 2. The number of likely N-dealkylation sites (N-methyl/N-ethyl adjacent to an activating group) is 1. The third kappa shape index (κ3) is 4.26. The maximum Gasteiger partial charge on any atom is 0.309 e. The molecule has 1 aliphatic heterocycles. The quantitative estimate of drug-likeness (QED) is 0.434. The van der Waals surface area contributed by atoms with Crippen LogP contribution in [-0.4, -0.2) is 58.3 Å². The van der Waals surface area contributed by atoms with Crippen LogP contribution in [0.15, 0.2) is 0 Å². The monoisotopic (exact) mass is 216 g/mol. The first-order chi connectivity index (χ1) is 7.24. The van der Waals surface area contributed by atoms with E-state index >= 15 is 0 Å². The van der Waals surface area contributed by atoms with E-state index in [2.05, 4.69) is 10.6 Å². The molecule has 3 N–H and O–H groups in total. The predicted octanol–water partition coefficient (Wildman–Crippen LogP) is -3.24. The second-order valence-electron chi connectivity index (χ2n) is 3.45. The molecule has 0 aliphatic carbocycles. The van der Waals surface area contributed by atoms with Gasteiger partial charge in [-0.3, -0.25) is 9.59 Å². The standard InChI is InChI=1S/C9H17N3O3/c1-10-8(13)9(14)11-2-3-12-4-6-15-7-5-12/h2-7H2,1H3,(H,10,13)(H,11,14)/p+1. The number of quaternary nitrogens is 1. The maximum absolute atomic E-state index is 11.1. The number of hydrogen-bond acceptors (Lipinski definition) is 3. The van der Waals surface area contributed by atoms with Crippen LogP contribution in [0, 0.1) is 0 Å². The molecule has 6 heteroatoms. The Morgan fingerprint density at radius 1 is 1.27 bits per heavy atom. The van der Waals surface area contributed by atoms with Gasteiger partial charge in [-0.2, -0.15) is 0 Å². The van der Waals surface area contributed by atoms with Crippen molar-refractivity contribution < 1.29 is 19.2 Å². The lowest BCUT2D eigenvalue weighted by Gasteiger charge is -2.23. The lowest BCUT2D eigenvalue weighted by molar-refractivity contribution is -0.906. The fraction of sp³-hybridized carbons (Fsp3) is 0.778. The summed E-state index contributed by atoms with van der Waals surface area (Å²) >= 11 is 0. The van der Waals surface area contributed by atoms with E-state index in [1.807, 2.05) is 0 Å². The van der Waals surface area contributed by atoms with Gasteiger partial charge in [-0.15, -0.1) is 0 Å². The molecule has 1 aliphatic rings. The predicted molar refractivity (Wildman–Crippen MR) is 53.5 cm³/mol. The second-order valence-corrected chi connectivity index (χ2v) is 3.45. The van der Waals surface area contributed by atoms with Gasteiger partial charge in [0, 0.05) is 7.05 Å². The third-order valence-corrected chi connectivity index (χ3v) is 2.40. The first-order valence-electron chi connectivity index (χ1n) is 5.15. The van der Waals surface area contributed by atoms with Gasteiger partial charge in [-0.05, 0) is 0 Å². The number of rotatable bonds is 3. The van der Waals surface area contributed by atoms with Crippen molar-refractivity contribution in [3.05, 3.63) is 0 Å². The number of carbonyl (C=O) groups is 2. The molecule has 1 fully saturated rings. The Balaban J connectivity index is 2.09. The molecular weight excluding hydrogens is 198 g/mol. The van der Waals surface area contributed by atoms with Crippen LogP contribution in [0.25, 0.3) is 0 Å². The van der Waals surface area contributed by atoms with E-state index < -0.39 is 11.8 Å². The van der Waals surface area contributed by atoms with Crippen LogP contribution in [0.5, 0.6) is 0 Å². The number of nitrogens with one attached hydrogen (secondary N) is 3. The number of morpholine rings is 1. The van der Waals surface area contributed by atoms with Crippen LogP contribution >= 0.6 is 0 Å².